The Hall–Kier alpha value is -4.71. The van der Waals surface area contributed by atoms with E-state index in [1.54, 1.807) is 16.7 Å². The van der Waals surface area contributed by atoms with Gasteiger partial charge in [-0.3, -0.25) is 13.9 Å². The summed E-state index contributed by atoms with van der Waals surface area (Å²) in [4.78, 5) is 25.5. The summed E-state index contributed by atoms with van der Waals surface area (Å²) in [6.45, 7) is 2.87. The van der Waals surface area contributed by atoms with Gasteiger partial charge in [-0.2, -0.15) is 8.78 Å². The monoisotopic (exact) mass is 577 g/mol. The first-order chi connectivity index (χ1) is 20.5. The quantitative estimate of drug-likeness (QED) is 0.252. The van der Waals surface area contributed by atoms with E-state index in [9.17, 15) is 18.0 Å². The van der Waals surface area contributed by atoms with E-state index in [1.807, 2.05) is 48.7 Å². The Balaban J connectivity index is 0.000000388. The van der Waals surface area contributed by atoms with Gasteiger partial charge in [-0.15, -0.1) is 10.2 Å². The van der Waals surface area contributed by atoms with Crippen LogP contribution in [0, 0.1) is 0 Å². The maximum Gasteiger partial charge on any atom is 0.326 e. The zero-order valence-corrected chi connectivity index (χ0v) is 23.2. The molecule has 6 aromatic rings. The molecule has 0 spiro atoms. The molecular formula is C30H30F3N7O2. The number of hydrogen-bond donors (Lipinski definition) is 2. The third-order valence-electron chi connectivity index (χ3n) is 7.03. The number of fused-ring (bicyclic) bond motifs is 2. The van der Waals surface area contributed by atoms with E-state index in [1.165, 1.54) is 32.1 Å². The fourth-order valence-electron chi connectivity index (χ4n) is 4.95. The third-order valence-corrected chi connectivity index (χ3v) is 7.03. The third kappa shape index (κ3) is 6.13. The number of hydrogen-bond acceptors (Lipinski definition) is 6. The number of halogens is 3. The van der Waals surface area contributed by atoms with Gasteiger partial charge in [-0.1, -0.05) is 18.2 Å². The Bertz CT molecular complexity index is 1820. The van der Waals surface area contributed by atoms with Crippen LogP contribution in [0.5, 0.6) is 0 Å². The minimum atomic E-state index is -2.83. The molecule has 42 heavy (non-hydrogen) atoms. The second-order valence-electron chi connectivity index (χ2n) is 9.79. The summed E-state index contributed by atoms with van der Waals surface area (Å²) in [7, 11) is 2.67. The molecule has 218 valence electrons. The summed E-state index contributed by atoms with van der Waals surface area (Å²) in [6.07, 6.45) is 3.35. The highest BCUT2D eigenvalue weighted by atomic mass is 19.3. The Morgan fingerprint density at radius 2 is 1.76 bits per heavy atom. The van der Waals surface area contributed by atoms with E-state index in [2.05, 4.69) is 37.1 Å². The zero-order chi connectivity index (χ0) is 29.6. The number of aromatic amines is 2. The van der Waals surface area contributed by atoms with Gasteiger partial charge < -0.3 is 19.3 Å². The first-order valence-corrected chi connectivity index (χ1v) is 13.4. The summed E-state index contributed by atoms with van der Waals surface area (Å²) in [6, 6.07) is 17.3. The average molecular weight is 578 g/mol. The number of H-pyrrole nitrogens is 2. The number of nitrogens with one attached hydrogen (secondary N) is 2. The first kappa shape index (κ1) is 28.8. The second-order valence-corrected chi connectivity index (χ2v) is 9.79. The number of pyridine rings is 1. The molecule has 1 aliphatic heterocycles. The summed E-state index contributed by atoms with van der Waals surface area (Å²) >= 11 is 0. The molecule has 0 atom stereocenters. The van der Waals surface area contributed by atoms with E-state index in [0.29, 0.717) is 18.4 Å². The lowest BCUT2D eigenvalue weighted by Gasteiger charge is -2.06. The maximum atomic E-state index is 12.7. The predicted octanol–water partition coefficient (Wildman–Crippen LogP) is 6.21. The molecule has 9 nitrogen and oxygen atoms in total. The summed E-state index contributed by atoms with van der Waals surface area (Å²) in [5.74, 6) is -0.778. The fraction of sp³-hybridized carbons (Fsp3) is 0.267. The number of nitrogens with zero attached hydrogens (tertiary/aromatic N) is 5. The van der Waals surface area contributed by atoms with Crippen molar-refractivity contribution in [2.24, 2.45) is 0 Å². The normalized spacial score (nSPS) is 13.3. The molecule has 5 heterocycles. The molecular weight excluding hydrogens is 547 g/mol. The number of imidazole rings is 1. The number of alkyl halides is 3. The molecule has 12 heteroatoms. The first-order valence-electron chi connectivity index (χ1n) is 13.4. The summed E-state index contributed by atoms with van der Waals surface area (Å²) in [5, 5.41) is 8.04. The van der Waals surface area contributed by atoms with Crippen LogP contribution in [0.25, 0.3) is 44.5 Å². The minimum absolute atomic E-state index is 0.0383. The Morgan fingerprint density at radius 1 is 0.976 bits per heavy atom. The molecule has 2 N–H and O–H groups in total. The lowest BCUT2D eigenvalue weighted by Crippen LogP contribution is -2.17. The van der Waals surface area contributed by atoms with Gasteiger partial charge in [0.1, 0.15) is 0 Å². The van der Waals surface area contributed by atoms with Crippen molar-refractivity contribution in [1.29, 1.82) is 0 Å². The number of benzene rings is 2. The van der Waals surface area contributed by atoms with Crippen LogP contribution in [-0.2, 0) is 6.54 Å². The smallest absolute Gasteiger partial charge is 0.326 e. The van der Waals surface area contributed by atoms with Crippen molar-refractivity contribution in [3.8, 4) is 22.6 Å². The van der Waals surface area contributed by atoms with Gasteiger partial charge in [0.25, 0.3) is 5.89 Å². The fourth-order valence-corrected chi connectivity index (χ4v) is 4.95. The zero-order valence-electron chi connectivity index (χ0n) is 23.2. The van der Waals surface area contributed by atoms with Crippen molar-refractivity contribution in [1.82, 2.24) is 34.6 Å². The summed E-state index contributed by atoms with van der Waals surface area (Å²) < 4.78 is 41.4. The molecule has 1 fully saturated rings. The van der Waals surface area contributed by atoms with Crippen molar-refractivity contribution < 1.29 is 17.6 Å². The van der Waals surface area contributed by atoms with Gasteiger partial charge in [0.15, 0.2) is 0 Å². The van der Waals surface area contributed by atoms with Crippen LogP contribution in [0.2, 0.25) is 0 Å². The topological polar surface area (TPSA) is 109 Å². The molecule has 0 radical (unpaired) electrons. The molecule has 4 aromatic heterocycles. The maximum absolute atomic E-state index is 12.7. The number of aromatic nitrogens is 6. The van der Waals surface area contributed by atoms with Gasteiger partial charge in [0.2, 0.25) is 5.89 Å². The number of rotatable bonds is 5. The highest BCUT2D eigenvalue weighted by Gasteiger charge is 2.17. The molecule has 1 saturated heterocycles. The molecule has 1 aliphatic rings. The Labute approximate surface area is 239 Å². The van der Waals surface area contributed by atoms with E-state index >= 15 is 0 Å². The van der Waals surface area contributed by atoms with Crippen molar-refractivity contribution in [2.45, 2.75) is 25.8 Å². The van der Waals surface area contributed by atoms with Crippen LogP contribution in [0.3, 0.4) is 0 Å². The highest BCUT2D eigenvalue weighted by molar-refractivity contribution is 5.96. The lowest BCUT2D eigenvalue weighted by molar-refractivity contribution is 0.116. The summed E-state index contributed by atoms with van der Waals surface area (Å²) in [5.41, 5.74) is 5.36. The van der Waals surface area contributed by atoms with Crippen LogP contribution in [0.15, 0.2) is 76.2 Å². The molecule has 0 amide bonds. The lowest BCUT2D eigenvalue weighted by atomic mass is 10.0. The van der Waals surface area contributed by atoms with Crippen molar-refractivity contribution in [2.75, 3.05) is 27.3 Å². The largest absolute Gasteiger partial charge is 0.415 e. The molecule has 7 rings (SSSR count). The Morgan fingerprint density at radius 3 is 2.43 bits per heavy atom. The molecule has 2 aromatic carbocycles. The van der Waals surface area contributed by atoms with Gasteiger partial charge in [0, 0.05) is 23.3 Å². The SMILES string of the molecule is CF.CN1CCCC1.O=c1[nH]c2cc(-c3cccc4[nH]ccc34)ccc2n1Cc1ccc(-c2nnc(C(F)F)o2)cn1. The molecule has 0 aliphatic carbocycles. The highest BCUT2D eigenvalue weighted by Crippen LogP contribution is 2.30. The van der Waals surface area contributed by atoms with Gasteiger partial charge >= 0.3 is 12.1 Å². The van der Waals surface area contributed by atoms with Gasteiger partial charge in [0.05, 0.1) is 36.0 Å². The standard InChI is InChI=1S/C24H16F2N6O2.C5H11N.CH3F/c25-21(26)23-31-30-22(34-23)14-4-6-15(28-11-14)12-32-20-7-5-13(10-19(20)29-24(32)33)16-2-1-3-18-17(16)8-9-27-18;1-6-4-2-3-5-6;1-2/h1-11,21,27H,12H2,(H,29,33);2-5H2,1H3;1H3. The molecule has 0 bridgehead atoms. The van der Waals surface area contributed by atoms with E-state index < -0.39 is 12.3 Å². The van der Waals surface area contributed by atoms with E-state index in [4.69, 9.17) is 4.42 Å². The number of likely N-dealkylation sites (tertiary alicyclic amines) is 1. The predicted molar refractivity (Wildman–Crippen MR) is 155 cm³/mol. The molecule has 0 saturated carbocycles. The molecule has 0 unspecified atom stereocenters. The van der Waals surface area contributed by atoms with Crippen LogP contribution < -0.4 is 5.69 Å². The minimum Gasteiger partial charge on any atom is -0.415 e. The van der Waals surface area contributed by atoms with Gasteiger partial charge in [-0.05, 0) is 80.5 Å². The van der Waals surface area contributed by atoms with E-state index in [-0.39, 0.29) is 18.1 Å². The van der Waals surface area contributed by atoms with Crippen LogP contribution in [0.4, 0.5) is 13.2 Å². The second kappa shape index (κ2) is 12.9. The van der Waals surface area contributed by atoms with E-state index in [0.717, 1.165) is 33.1 Å². The van der Waals surface area contributed by atoms with Crippen LogP contribution in [0.1, 0.15) is 30.9 Å². The van der Waals surface area contributed by atoms with Crippen molar-refractivity contribution in [3.63, 3.8) is 0 Å². The van der Waals surface area contributed by atoms with Crippen molar-refractivity contribution >= 4 is 21.9 Å². The van der Waals surface area contributed by atoms with Crippen LogP contribution >= 0.6 is 0 Å². The van der Waals surface area contributed by atoms with Crippen LogP contribution in [-0.4, -0.2) is 61.9 Å². The average Bonchev–Trinajstić information content (AvgIpc) is 3.83. The Kier molecular flexibility index (Phi) is 8.82. The van der Waals surface area contributed by atoms with Crippen molar-refractivity contribution in [3.05, 3.63) is 89.1 Å². The van der Waals surface area contributed by atoms with Gasteiger partial charge in [-0.25, -0.2) is 4.79 Å².